The quantitative estimate of drug-likeness (QED) is 0.465. The number of sulfonamides is 1. The molecule has 3 aromatic rings. The van der Waals surface area contributed by atoms with Crippen molar-refractivity contribution < 1.29 is 22.7 Å². The van der Waals surface area contributed by atoms with Crippen LogP contribution in [-0.2, 0) is 19.6 Å². The van der Waals surface area contributed by atoms with E-state index in [4.69, 9.17) is 16.3 Å². The van der Waals surface area contributed by atoms with Gasteiger partial charge < -0.3 is 19.9 Å². The summed E-state index contributed by atoms with van der Waals surface area (Å²) in [6.07, 6.45) is 0.0990. The van der Waals surface area contributed by atoms with Crippen LogP contribution in [0.1, 0.15) is 6.42 Å². The van der Waals surface area contributed by atoms with Crippen LogP contribution in [0.4, 0.5) is 17.1 Å². The maximum absolute atomic E-state index is 13.3. The number of nitrogens with one attached hydrogen (secondary N) is 1. The first-order chi connectivity index (χ1) is 18.8. The lowest BCUT2D eigenvalue weighted by Gasteiger charge is -2.35. The standard InChI is InChI=1S/C28H29ClN4O5S/c1-38-26-5-3-2-4-25(26)31-14-16-32(17-15-31)39(36,37)24-12-8-22(9-13-24)30-28(35)20-18-27(34)33(19-20)23-10-6-21(29)7-11-23/h2-13,20H,14-19H2,1H3,(H,30,35). The van der Waals surface area contributed by atoms with Gasteiger partial charge in [0.25, 0.3) is 0 Å². The number of rotatable bonds is 7. The van der Waals surface area contributed by atoms with Gasteiger partial charge in [0.1, 0.15) is 5.75 Å². The molecule has 0 aliphatic carbocycles. The number of anilines is 3. The van der Waals surface area contributed by atoms with E-state index >= 15 is 0 Å². The highest BCUT2D eigenvalue weighted by molar-refractivity contribution is 7.89. The maximum Gasteiger partial charge on any atom is 0.243 e. The first-order valence-corrected chi connectivity index (χ1v) is 14.4. The number of carbonyl (C=O) groups is 2. The van der Waals surface area contributed by atoms with Gasteiger partial charge in [-0.25, -0.2) is 8.42 Å². The van der Waals surface area contributed by atoms with Gasteiger partial charge in [0.2, 0.25) is 21.8 Å². The molecule has 0 aromatic heterocycles. The van der Waals surface area contributed by atoms with Gasteiger partial charge in [-0.15, -0.1) is 0 Å². The zero-order valence-electron chi connectivity index (χ0n) is 21.4. The third-order valence-corrected chi connectivity index (χ3v) is 9.22. The molecule has 2 amide bonds. The number of para-hydroxylation sites is 2. The number of nitrogens with zero attached hydrogens (tertiary/aromatic N) is 3. The number of piperazine rings is 1. The molecule has 0 spiro atoms. The second kappa shape index (κ2) is 11.3. The zero-order valence-corrected chi connectivity index (χ0v) is 23.0. The first-order valence-electron chi connectivity index (χ1n) is 12.6. The van der Waals surface area contributed by atoms with Crippen LogP contribution in [0, 0.1) is 5.92 Å². The van der Waals surface area contributed by atoms with Gasteiger partial charge in [-0.1, -0.05) is 23.7 Å². The summed E-state index contributed by atoms with van der Waals surface area (Å²) in [6.45, 7) is 2.04. The van der Waals surface area contributed by atoms with Crippen LogP contribution in [0.5, 0.6) is 5.75 Å². The van der Waals surface area contributed by atoms with Gasteiger partial charge in [0.05, 0.1) is 23.6 Å². The Morgan fingerprint density at radius 1 is 0.949 bits per heavy atom. The fourth-order valence-corrected chi connectivity index (χ4v) is 6.47. The van der Waals surface area contributed by atoms with E-state index in [2.05, 4.69) is 10.2 Å². The van der Waals surface area contributed by atoms with Crippen molar-refractivity contribution in [3.63, 3.8) is 0 Å². The van der Waals surface area contributed by atoms with Crippen molar-refractivity contribution in [3.05, 3.63) is 77.8 Å². The van der Waals surface area contributed by atoms with E-state index in [1.54, 1.807) is 48.4 Å². The van der Waals surface area contributed by atoms with Crippen molar-refractivity contribution in [2.24, 2.45) is 5.92 Å². The molecule has 5 rings (SSSR count). The van der Waals surface area contributed by atoms with Crippen LogP contribution in [-0.4, -0.2) is 64.4 Å². The molecule has 1 unspecified atom stereocenters. The van der Waals surface area contributed by atoms with Crippen molar-refractivity contribution in [1.29, 1.82) is 0 Å². The summed E-state index contributed by atoms with van der Waals surface area (Å²) in [6, 6.07) is 20.7. The topological polar surface area (TPSA) is 99.3 Å². The van der Waals surface area contributed by atoms with Gasteiger partial charge in [-0.05, 0) is 60.7 Å². The third kappa shape index (κ3) is 5.73. The lowest BCUT2D eigenvalue weighted by atomic mass is 10.1. The van der Waals surface area contributed by atoms with Crippen LogP contribution < -0.4 is 19.9 Å². The maximum atomic E-state index is 13.3. The van der Waals surface area contributed by atoms with Gasteiger partial charge in [-0.3, -0.25) is 9.59 Å². The Labute approximate surface area is 233 Å². The molecule has 1 atom stereocenters. The molecule has 3 aromatic carbocycles. The second-order valence-electron chi connectivity index (χ2n) is 9.46. The average molecular weight is 569 g/mol. The van der Waals surface area contributed by atoms with Crippen LogP contribution in [0.15, 0.2) is 77.7 Å². The summed E-state index contributed by atoms with van der Waals surface area (Å²) >= 11 is 5.93. The largest absolute Gasteiger partial charge is 0.495 e. The highest BCUT2D eigenvalue weighted by Gasteiger charge is 2.35. The molecule has 0 bridgehead atoms. The summed E-state index contributed by atoms with van der Waals surface area (Å²) in [7, 11) is -2.07. The van der Waals surface area contributed by atoms with Crippen LogP contribution in [0.2, 0.25) is 5.02 Å². The number of ether oxygens (including phenoxy) is 1. The Balaban J connectivity index is 1.19. The summed E-state index contributed by atoms with van der Waals surface area (Å²) in [5.74, 6) is -0.185. The average Bonchev–Trinajstić information content (AvgIpc) is 3.35. The SMILES string of the molecule is COc1ccccc1N1CCN(S(=O)(=O)c2ccc(NC(=O)C3CC(=O)N(c4ccc(Cl)cc4)C3)cc2)CC1. The fraction of sp³-hybridized carbons (Fsp3) is 0.286. The Morgan fingerprint density at radius 2 is 1.62 bits per heavy atom. The lowest BCUT2D eigenvalue weighted by molar-refractivity contribution is -0.122. The van der Waals surface area contributed by atoms with Gasteiger partial charge in [-0.2, -0.15) is 4.31 Å². The van der Waals surface area contributed by atoms with Crippen LogP contribution in [0.25, 0.3) is 0 Å². The summed E-state index contributed by atoms with van der Waals surface area (Å²) in [5.41, 5.74) is 2.10. The minimum atomic E-state index is -3.69. The number of hydrogen-bond acceptors (Lipinski definition) is 6. The Hall–Kier alpha value is -3.60. The van der Waals surface area contributed by atoms with E-state index < -0.39 is 15.9 Å². The molecule has 0 radical (unpaired) electrons. The van der Waals surface area contributed by atoms with Gasteiger partial charge in [0, 0.05) is 55.5 Å². The minimum Gasteiger partial charge on any atom is -0.495 e. The molecule has 2 heterocycles. The predicted molar refractivity (Wildman–Crippen MR) is 151 cm³/mol. The van der Waals surface area contributed by atoms with Crippen molar-refractivity contribution in [1.82, 2.24) is 4.31 Å². The zero-order chi connectivity index (χ0) is 27.6. The second-order valence-corrected chi connectivity index (χ2v) is 11.8. The summed E-state index contributed by atoms with van der Waals surface area (Å²) in [5, 5.41) is 3.38. The molecule has 2 aliphatic rings. The van der Waals surface area contributed by atoms with E-state index in [9.17, 15) is 18.0 Å². The van der Waals surface area contributed by atoms with E-state index in [0.717, 1.165) is 11.4 Å². The summed E-state index contributed by atoms with van der Waals surface area (Å²) < 4.78 is 33.5. The molecule has 0 saturated carbocycles. The molecule has 2 aliphatic heterocycles. The van der Waals surface area contributed by atoms with Crippen molar-refractivity contribution in [3.8, 4) is 5.75 Å². The van der Waals surface area contributed by atoms with Crippen LogP contribution >= 0.6 is 11.6 Å². The minimum absolute atomic E-state index is 0.0990. The Kier molecular flexibility index (Phi) is 7.79. The highest BCUT2D eigenvalue weighted by atomic mass is 35.5. The highest BCUT2D eigenvalue weighted by Crippen LogP contribution is 2.30. The number of carbonyl (C=O) groups excluding carboxylic acids is 2. The normalized spacial score (nSPS) is 18.3. The Morgan fingerprint density at radius 3 is 2.28 bits per heavy atom. The van der Waals surface area contributed by atoms with E-state index in [1.807, 2.05) is 24.3 Å². The lowest BCUT2D eigenvalue weighted by Crippen LogP contribution is -2.48. The summed E-state index contributed by atoms with van der Waals surface area (Å²) in [4.78, 5) is 29.2. The van der Waals surface area contributed by atoms with Crippen LogP contribution in [0.3, 0.4) is 0 Å². The number of amides is 2. The molecular weight excluding hydrogens is 540 g/mol. The molecule has 39 heavy (non-hydrogen) atoms. The molecule has 9 nitrogen and oxygen atoms in total. The predicted octanol–water partition coefficient (Wildman–Crippen LogP) is 3.85. The molecule has 1 N–H and O–H groups in total. The van der Waals surface area contributed by atoms with Crippen molar-refractivity contribution >= 4 is 50.5 Å². The molecular formula is C28H29ClN4O5S. The smallest absolute Gasteiger partial charge is 0.243 e. The fourth-order valence-electron chi connectivity index (χ4n) is 4.92. The first kappa shape index (κ1) is 27.0. The van der Waals surface area contributed by atoms with Gasteiger partial charge >= 0.3 is 0 Å². The number of methoxy groups -OCH3 is 1. The number of hydrogen-bond donors (Lipinski definition) is 1. The van der Waals surface area contributed by atoms with Gasteiger partial charge in [0.15, 0.2) is 0 Å². The number of benzene rings is 3. The van der Waals surface area contributed by atoms with E-state index in [0.29, 0.717) is 42.6 Å². The molecule has 11 heteroatoms. The number of halogens is 1. The van der Waals surface area contributed by atoms with E-state index in [1.165, 1.54) is 16.4 Å². The van der Waals surface area contributed by atoms with Crippen molar-refractivity contribution in [2.75, 3.05) is 55.0 Å². The third-order valence-electron chi connectivity index (χ3n) is 7.06. The van der Waals surface area contributed by atoms with Crippen molar-refractivity contribution in [2.45, 2.75) is 11.3 Å². The molecule has 2 fully saturated rings. The Bertz CT molecular complexity index is 1460. The van der Waals surface area contributed by atoms with E-state index in [-0.39, 0.29) is 29.7 Å². The molecule has 2 saturated heterocycles. The molecule has 204 valence electrons. The monoisotopic (exact) mass is 568 g/mol.